The Labute approximate surface area is 124 Å². The molecule has 2 N–H and O–H groups in total. The van der Waals surface area contributed by atoms with Gasteiger partial charge in [0.25, 0.3) is 0 Å². The Morgan fingerprint density at radius 1 is 1.19 bits per heavy atom. The lowest BCUT2D eigenvalue weighted by molar-refractivity contribution is -0.120. The summed E-state index contributed by atoms with van der Waals surface area (Å²) in [5, 5.41) is 2.60. The summed E-state index contributed by atoms with van der Waals surface area (Å²) in [6.07, 6.45) is 0. The molecule has 0 spiro atoms. The van der Waals surface area contributed by atoms with E-state index in [0.29, 0.717) is 11.5 Å². The Kier molecular flexibility index (Phi) is 5.98. The Balaban J connectivity index is 2.86. The minimum absolute atomic E-state index is 0.00232. The van der Waals surface area contributed by atoms with Crippen LogP contribution in [-0.2, 0) is 14.8 Å². The number of methoxy groups -OCH3 is 2. The first-order valence-corrected chi connectivity index (χ1v) is 7.79. The van der Waals surface area contributed by atoms with Crippen molar-refractivity contribution in [3.63, 3.8) is 0 Å². The molecule has 0 bridgehead atoms. The zero-order valence-corrected chi connectivity index (χ0v) is 13.3. The van der Waals surface area contributed by atoms with Crippen LogP contribution in [0.3, 0.4) is 0 Å². The van der Waals surface area contributed by atoms with Crippen LogP contribution in [0, 0.1) is 0 Å². The number of carbonyl (C=O) groups is 1. The standard InChI is InChI=1S/C13H20N2O5S/c1-9(2)15-13(16)8-14-21(17,18)10-5-6-11(19-3)12(7-10)20-4/h5-7,9,14H,8H2,1-4H3,(H,15,16). The number of rotatable bonds is 7. The van der Waals surface area contributed by atoms with Gasteiger partial charge in [-0.15, -0.1) is 0 Å². The molecule has 1 aromatic rings. The molecule has 7 nitrogen and oxygen atoms in total. The van der Waals surface area contributed by atoms with Gasteiger partial charge in [0.2, 0.25) is 15.9 Å². The minimum atomic E-state index is -3.80. The first-order valence-electron chi connectivity index (χ1n) is 6.31. The van der Waals surface area contributed by atoms with Crippen LogP contribution in [0.1, 0.15) is 13.8 Å². The second-order valence-corrected chi connectivity index (χ2v) is 6.33. The highest BCUT2D eigenvalue weighted by atomic mass is 32.2. The van der Waals surface area contributed by atoms with Gasteiger partial charge in [0.15, 0.2) is 11.5 Å². The topological polar surface area (TPSA) is 93.7 Å². The first kappa shape index (κ1) is 17.3. The molecule has 1 amide bonds. The third-order valence-electron chi connectivity index (χ3n) is 2.54. The summed E-state index contributed by atoms with van der Waals surface area (Å²) in [5.74, 6) is 0.329. The Hall–Kier alpha value is -1.80. The molecule has 0 heterocycles. The zero-order chi connectivity index (χ0) is 16.0. The predicted molar refractivity (Wildman–Crippen MR) is 78.0 cm³/mol. The van der Waals surface area contributed by atoms with Crippen LogP contribution in [-0.4, -0.2) is 41.1 Å². The van der Waals surface area contributed by atoms with Crippen LogP contribution in [0.15, 0.2) is 23.1 Å². The molecule has 0 unspecified atom stereocenters. The molecule has 0 saturated heterocycles. The maximum Gasteiger partial charge on any atom is 0.241 e. The van der Waals surface area contributed by atoms with Gasteiger partial charge in [0.05, 0.1) is 25.7 Å². The maximum atomic E-state index is 12.1. The van der Waals surface area contributed by atoms with Crippen LogP contribution < -0.4 is 19.5 Å². The largest absolute Gasteiger partial charge is 0.493 e. The van der Waals surface area contributed by atoms with E-state index in [-0.39, 0.29) is 17.5 Å². The van der Waals surface area contributed by atoms with E-state index in [0.717, 1.165) is 0 Å². The van der Waals surface area contributed by atoms with Gasteiger partial charge in [-0.1, -0.05) is 0 Å². The summed E-state index contributed by atoms with van der Waals surface area (Å²) in [6.45, 7) is 3.26. The monoisotopic (exact) mass is 316 g/mol. The highest BCUT2D eigenvalue weighted by molar-refractivity contribution is 7.89. The van der Waals surface area contributed by atoms with Crippen LogP contribution in [0.4, 0.5) is 0 Å². The molecule has 0 aliphatic carbocycles. The molecule has 0 aliphatic heterocycles. The molecule has 0 radical (unpaired) electrons. The highest BCUT2D eigenvalue weighted by Crippen LogP contribution is 2.29. The van der Waals surface area contributed by atoms with E-state index in [2.05, 4.69) is 10.0 Å². The molecule has 118 valence electrons. The molecule has 1 rings (SSSR count). The smallest absolute Gasteiger partial charge is 0.241 e. The van der Waals surface area contributed by atoms with E-state index in [4.69, 9.17) is 9.47 Å². The number of ether oxygens (including phenoxy) is 2. The van der Waals surface area contributed by atoms with Crippen molar-refractivity contribution in [2.75, 3.05) is 20.8 Å². The van der Waals surface area contributed by atoms with Gasteiger partial charge >= 0.3 is 0 Å². The van der Waals surface area contributed by atoms with E-state index in [1.807, 2.05) is 0 Å². The van der Waals surface area contributed by atoms with Crippen LogP contribution in [0.2, 0.25) is 0 Å². The van der Waals surface area contributed by atoms with E-state index in [1.54, 1.807) is 13.8 Å². The lowest BCUT2D eigenvalue weighted by Gasteiger charge is -2.12. The average Bonchev–Trinajstić information content (AvgIpc) is 2.43. The van der Waals surface area contributed by atoms with Crippen molar-refractivity contribution in [3.8, 4) is 11.5 Å². The third kappa shape index (κ3) is 4.91. The Morgan fingerprint density at radius 2 is 1.81 bits per heavy atom. The number of hydrogen-bond acceptors (Lipinski definition) is 5. The first-order chi connectivity index (χ1) is 9.80. The molecule has 0 saturated carbocycles. The molecular weight excluding hydrogens is 296 g/mol. The van der Waals surface area contributed by atoms with Gasteiger partial charge in [-0.25, -0.2) is 13.1 Å². The average molecular weight is 316 g/mol. The van der Waals surface area contributed by atoms with Crippen molar-refractivity contribution in [1.29, 1.82) is 0 Å². The van der Waals surface area contributed by atoms with E-state index in [9.17, 15) is 13.2 Å². The lowest BCUT2D eigenvalue weighted by Crippen LogP contribution is -2.39. The minimum Gasteiger partial charge on any atom is -0.493 e. The highest BCUT2D eigenvalue weighted by Gasteiger charge is 2.18. The van der Waals surface area contributed by atoms with Gasteiger partial charge in [-0.2, -0.15) is 0 Å². The van der Waals surface area contributed by atoms with Crippen molar-refractivity contribution in [2.24, 2.45) is 0 Å². The van der Waals surface area contributed by atoms with E-state index < -0.39 is 15.9 Å². The van der Waals surface area contributed by atoms with Crippen molar-refractivity contribution >= 4 is 15.9 Å². The summed E-state index contributed by atoms with van der Waals surface area (Å²) in [5.41, 5.74) is 0. The molecular formula is C13H20N2O5S. The number of carbonyl (C=O) groups excluding carboxylic acids is 1. The molecule has 21 heavy (non-hydrogen) atoms. The molecule has 0 aliphatic rings. The molecule has 1 aromatic carbocycles. The van der Waals surface area contributed by atoms with Crippen molar-refractivity contribution in [1.82, 2.24) is 10.0 Å². The fraction of sp³-hybridized carbons (Fsp3) is 0.462. The summed E-state index contributed by atoms with van der Waals surface area (Å²) < 4.78 is 36.5. The van der Waals surface area contributed by atoms with Crippen LogP contribution in [0.25, 0.3) is 0 Å². The van der Waals surface area contributed by atoms with Gasteiger partial charge in [0, 0.05) is 12.1 Å². The lowest BCUT2D eigenvalue weighted by atomic mass is 10.3. The number of nitrogens with one attached hydrogen (secondary N) is 2. The second-order valence-electron chi connectivity index (χ2n) is 4.56. The van der Waals surface area contributed by atoms with Crippen LogP contribution in [0.5, 0.6) is 11.5 Å². The summed E-state index contributed by atoms with van der Waals surface area (Å²) in [4.78, 5) is 11.5. The number of hydrogen-bond donors (Lipinski definition) is 2. The van der Waals surface area contributed by atoms with Gasteiger partial charge in [-0.3, -0.25) is 4.79 Å². The molecule has 8 heteroatoms. The fourth-order valence-electron chi connectivity index (χ4n) is 1.60. The third-order valence-corrected chi connectivity index (χ3v) is 3.94. The zero-order valence-electron chi connectivity index (χ0n) is 12.5. The summed E-state index contributed by atoms with van der Waals surface area (Å²) >= 11 is 0. The maximum absolute atomic E-state index is 12.1. The summed E-state index contributed by atoms with van der Waals surface area (Å²) in [6, 6.07) is 4.15. The number of amides is 1. The van der Waals surface area contributed by atoms with Gasteiger partial charge in [0.1, 0.15) is 0 Å². The van der Waals surface area contributed by atoms with Crippen molar-refractivity contribution in [2.45, 2.75) is 24.8 Å². The number of benzene rings is 1. The van der Waals surface area contributed by atoms with Crippen molar-refractivity contribution in [3.05, 3.63) is 18.2 Å². The SMILES string of the molecule is COc1ccc(S(=O)(=O)NCC(=O)NC(C)C)cc1OC. The Bertz CT molecular complexity index is 599. The predicted octanol–water partition coefficient (Wildman–Crippen LogP) is 0.507. The quantitative estimate of drug-likeness (QED) is 0.764. The Morgan fingerprint density at radius 3 is 2.33 bits per heavy atom. The van der Waals surface area contributed by atoms with Crippen LogP contribution >= 0.6 is 0 Å². The molecule has 0 aromatic heterocycles. The summed E-state index contributed by atoms with van der Waals surface area (Å²) in [7, 11) is -0.922. The normalized spacial score (nSPS) is 11.3. The molecule has 0 atom stereocenters. The van der Waals surface area contributed by atoms with E-state index >= 15 is 0 Å². The van der Waals surface area contributed by atoms with Gasteiger partial charge < -0.3 is 14.8 Å². The molecule has 0 fully saturated rings. The van der Waals surface area contributed by atoms with E-state index in [1.165, 1.54) is 32.4 Å². The second kappa shape index (κ2) is 7.28. The van der Waals surface area contributed by atoms with Gasteiger partial charge in [-0.05, 0) is 26.0 Å². The fourth-order valence-corrected chi connectivity index (χ4v) is 2.60. The number of sulfonamides is 1. The van der Waals surface area contributed by atoms with Crippen molar-refractivity contribution < 1.29 is 22.7 Å².